The fraction of sp³-hybridized carbons (Fsp3) is 0.917. The average Bonchev–Trinajstić information content (AvgIpc) is 2.97. The van der Waals surface area contributed by atoms with Gasteiger partial charge in [-0.2, -0.15) is 12.6 Å². The first kappa shape index (κ1) is 12.2. The van der Waals surface area contributed by atoms with Gasteiger partial charge in [0, 0.05) is 13.0 Å². The summed E-state index contributed by atoms with van der Waals surface area (Å²) in [5.74, 6) is 1.11. The fourth-order valence-corrected chi connectivity index (χ4v) is 2.73. The maximum atomic E-state index is 12.3. The molecular formula is C12H21NO2S. The van der Waals surface area contributed by atoms with Gasteiger partial charge < -0.3 is 9.64 Å². The number of hydrogen-bond donors (Lipinski definition) is 1. The third-order valence-electron chi connectivity index (χ3n) is 3.77. The molecule has 0 aromatic rings. The van der Waals surface area contributed by atoms with Crippen molar-refractivity contribution in [2.45, 2.75) is 38.6 Å². The number of hydrogen-bond acceptors (Lipinski definition) is 3. The van der Waals surface area contributed by atoms with Crippen LogP contribution in [-0.4, -0.2) is 41.9 Å². The van der Waals surface area contributed by atoms with Crippen LogP contribution in [0.25, 0.3) is 0 Å². The van der Waals surface area contributed by atoms with Gasteiger partial charge in [0.15, 0.2) is 0 Å². The summed E-state index contributed by atoms with van der Waals surface area (Å²) in [6.07, 6.45) is 2.99. The van der Waals surface area contributed by atoms with Crippen LogP contribution in [0, 0.1) is 5.41 Å². The van der Waals surface area contributed by atoms with E-state index in [1.54, 1.807) is 0 Å². The summed E-state index contributed by atoms with van der Waals surface area (Å²) in [4.78, 5) is 14.3. The van der Waals surface area contributed by atoms with E-state index >= 15 is 0 Å². The van der Waals surface area contributed by atoms with Crippen LogP contribution in [0.3, 0.4) is 0 Å². The molecule has 1 saturated carbocycles. The van der Waals surface area contributed by atoms with Gasteiger partial charge in [0.05, 0.1) is 18.8 Å². The summed E-state index contributed by atoms with van der Waals surface area (Å²) in [6.45, 7) is 6.19. The molecule has 0 aromatic carbocycles. The van der Waals surface area contributed by atoms with Crippen LogP contribution in [0.2, 0.25) is 0 Å². The Hall–Kier alpha value is -0.220. The SMILES string of the molecule is CC1(C)COCCN1C(=O)CC1(CS)CC1. The number of morpholine rings is 1. The molecule has 0 N–H and O–H groups in total. The van der Waals surface area contributed by atoms with Gasteiger partial charge in [-0.25, -0.2) is 0 Å². The first-order valence-electron chi connectivity index (χ1n) is 5.98. The normalized spacial score (nSPS) is 26.6. The predicted octanol–water partition coefficient (Wildman–Crippen LogP) is 1.72. The molecule has 1 aliphatic heterocycles. The zero-order chi connectivity index (χ0) is 11.8. The van der Waals surface area contributed by atoms with Crippen LogP contribution in [0.4, 0.5) is 0 Å². The molecule has 0 unspecified atom stereocenters. The minimum Gasteiger partial charge on any atom is -0.377 e. The summed E-state index contributed by atoms with van der Waals surface area (Å²) < 4.78 is 5.43. The lowest BCUT2D eigenvalue weighted by Crippen LogP contribution is -2.55. The monoisotopic (exact) mass is 243 g/mol. The van der Waals surface area contributed by atoms with Crippen molar-refractivity contribution < 1.29 is 9.53 Å². The van der Waals surface area contributed by atoms with Crippen molar-refractivity contribution in [3.05, 3.63) is 0 Å². The predicted molar refractivity (Wildman–Crippen MR) is 66.7 cm³/mol. The summed E-state index contributed by atoms with van der Waals surface area (Å²) in [7, 11) is 0. The molecule has 1 amide bonds. The molecule has 0 aromatic heterocycles. The molecule has 2 rings (SSSR count). The molecule has 4 heteroatoms. The minimum atomic E-state index is -0.151. The molecule has 1 heterocycles. The van der Waals surface area contributed by atoms with Gasteiger partial charge in [-0.1, -0.05) is 0 Å². The van der Waals surface area contributed by atoms with Crippen molar-refractivity contribution >= 4 is 18.5 Å². The quantitative estimate of drug-likeness (QED) is 0.765. The lowest BCUT2D eigenvalue weighted by Gasteiger charge is -2.42. The Morgan fingerprint density at radius 1 is 1.44 bits per heavy atom. The van der Waals surface area contributed by atoms with E-state index in [4.69, 9.17) is 4.74 Å². The summed E-state index contributed by atoms with van der Waals surface area (Å²) in [5.41, 5.74) is 0.0661. The van der Waals surface area contributed by atoms with Gasteiger partial charge in [-0.3, -0.25) is 4.79 Å². The molecule has 0 bridgehead atoms. The van der Waals surface area contributed by atoms with Gasteiger partial charge in [0.2, 0.25) is 5.91 Å². The highest BCUT2D eigenvalue weighted by molar-refractivity contribution is 7.80. The highest BCUT2D eigenvalue weighted by Gasteiger charge is 2.45. The highest BCUT2D eigenvalue weighted by atomic mass is 32.1. The molecule has 0 atom stereocenters. The third-order valence-corrected chi connectivity index (χ3v) is 4.44. The topological polar surface area (TPSA) is 29.5 Å². The number of carbonyl (C=O) groups is 1. The van der Waals surface area contributed by atoms with Crippen LogP contribution in [0.5, 0.6) is 0 Å². The van der Waals surface area contributed by atoms with Crippen molar-refractivity contribution in [2.24, 2.45) is 5.41 Å². The summed E-state index contributed by atoms with van der Waals surface area (Å²) in [6, 6.07) is 0. The Balaban J connectivity index is 1.98. The zero-order valence-electron chi connectivity index (χ0n) is 10.2. The first-order valence-corrected chi connectivity index (χ1v) is 6.61. The smallest absolute Gasteiger partial charge is 0.223 e. The molecule has 2 fully saturated rings. The fourth-order valence-electron chi connectivity index (χ4n) is 2.30. The average molecular weight is 243 g/mol. The second-order valence-electron chi connectivity index (χ2n) is 5.75. The van der Waals surface area contributed by atoms with Gasteiger partial charge in [-0.15, -0.1) is 0 Å². The van der Waals surface area contributed by atoms with Crippen LogP contribution in [0.15, 0.2) is 0 Å². The third kappa shape index (κ3) is 2.38. The van der Waals surface area contributed by atoms with E-state index in [1.807, 2.05) is 4.90 Å². The van der Waals surface area contributed by atoms with Crippen LogP contribution in [0.1, 0.15) is 33.1 Å². The Bertz CT molecular complexity index is 287. The van der Waals surface area contributed by atoms with Gasteiger partial charge in [0.25, 0.3) is 0 Å². The number of amides is 1. The van der Waals surface area contributed by atoms with E-state index in [9.17, 15) is 4.79 Å². The van der Waals surface area contributed by atoms with Crippen molar-refractivity contribution in [3.8, 4) is 0 Å². The van der Waals surface area contributed by atoms with Crippen LogP contribution in [-0.2, 0) is 9.53 Å². The van der Waals surface area contributed by atoms with Gasteiger partial charge in [0.1, 0.15) is 0 Å². The van der Waals surface area contributed by atoms with Crippen LogP contribution < -0.4 is 0 Å². The highest BCUT2D eigenvalue weighted by Crippen LogP contribution is 2.50. The largest absolute Gasteiger partial charge is 0.377 e. The van der Waals surface area contributed by atoms with E-state index in [0.29, 0.717) is 19.6 Å². The van der Waals surface area contributed by atoms with Gasteiger partial charge in [-0.05, 0) is 37.9 Å². The number of carbonyl (C=O) groups excluding carboxylic acids is 1. The van der Waals surface area contributed by atoms with Crippen LogP contribution >= 0.6 is 12.6 Å². The summed E-state index contributed by atoms with van der Waals surface area (Å²) >= 11 is 4.35. The lowest BCUT2D eigenvalue weighted by atomic mass is 9.98. The van der Waals surface area contributed by atoms with E-state index in [1.165, 1.54) is 0 Å². The number of nitrogens with zero attached hydrogens (tertiary/aromatic N) is 1. The Morgan fingerprint density at radius 2 is 2.12 bits per heavy atom. The second-order valence-corrected chi connectivity index (χ2v) is 6.06. The number of thiol groups is 1. The standard InChI is InChI=1S/C12H21NO2S/c1-11(2)8-15-6-5-13(11)10(14)7-12(9-16)3-4-12/h16H,3-9H2,1-2H3. The van der Waals surface area contributed by atoms with Crippen molar-refractivity contribution in [1.29, 1.82) is 0 Å². The Kier molecular flexibility index (Phi) is 3.23. The van der Waals surface area contributed by atoms with E-state index < -0.39 is 0 Å². The maximum absolute atomic E-state index is 12.3. The first-order chi connectivity index (χ1) is 7.49. The Labute approximate surface area is 103 Å². The molecule has 0 spiro atoms. The second kappa shape index (κ2) is 4.22. The molecule has 0 radical (unpaired) electrons. The minimum absolute atomic E-state index is 0.151. The molecule has 1 aliphatic carbocycles. The molecule has 16 heavy (non-hydrogen) atoms. The maximum Gasteiger partial charge on any atom is 0.223 e. The van der Waals surface area contributed by atoms with E-state index in [-0.39, 0.29) is 16.9 Å². The zero-order valence-corrected chi connectivity index (χ0v) is 11.1. The molecular weight excluding hydrogens is 222 g/mol. The molecule has 1 saturated heterocycles. The molecule has 2 aliphatic rings. The van der Waals surface area contributed by atoms with Crippen molar-refractivity contribution in [3.63, 3.8) is 0 Å². The van der Waals surface area contributed by atoms with Gasteiger partial charge >= 0.3 is 0 Å². The molecule has 3 nitrogen and oxygen atoms in total. The summed E-state index contributed by atoms with van der Waals surface area (Å²) in [5, 5.41) is 0. The van der Waals surface area contributed by atoms with Crippen molar-refractivity contribution in [1.82, 2.24) is 4.90 Å². The lowest BCUT2D eigenvalue weighted by molar-refractivity contribution is -0.147. The number of rotatable bonds is 3. The number of ether oxygens (including phenoxy) is 1. The van der Waals surface area contributed by atoms with Crippen molar-refractivity contribution in [2.75, 3.05) is 25.5 Å². The van der Waals surface area contributed by atoms with E-state index in [0.717, 1.165) is 25.1 Å². The Morgan fingerprint density at radius 3 is 2.62 bits per heavy atom. The van der Waals surface area contributed by atoms with E-state index in [2.05, 4.69) is 26.5 Å². The molecule has 92 valence electrons.